The Hall–Kier alpha value is -1.97. The van der Waals surface area contributed by atoms with Crippen molar-refractivity contribution >= 4 is 0 Å². The van der Waals surface area contributed by atoms with Crippen LogP contribution in [0.15, 0.2) is 41.6 Å². The van der Waals surface area contributed by atoms with Crippen molar-refractivity contribution in [3.63, 3.8) is 0 Å². The highest BCUT2D eigenvalue weighted by atomic mass is 19.1. The highest BCUT2D eigenvalue weighted by Gasteiger charge is 2.08. The zero-order valence-electron chi connectivity index (χ0n) is 9.72. The number of hydrogen-bond acceptors (Lipinski definition) is 2. The van der Waals surface area contributed by atoms with Crippen molar-refractivity contribution in [2.75, 3.05) is 0 Å². The van der Waals surface area contributed by atoms with Crippen molar-refractivity contribution in [2.24, 2.45) is 0 Å². The zero-order chi connectivity index (χ0) is 12.4. The fourth-order valence-electron chi connectivity index (χ4n) is 1.70. The van der Waals surface area contributed by atoms with Crippen LogP contribution in [0.1, 0.15) is 25.3 Å². The lowest BCUT2D eigenvalue weighted by atomic mass is 10.0. The molecule has 2 aromatic rings. The third-order valence-corrected chi connectivity index (χ3v) is 2.61. The Morgan fingerprint density at radius 1 is 1.35 bits per heavy atom. The summed E-state index contributed by atoms with van der Waals surface area (Å²) in [6, 6.07) is 4.82. The van der Waals surface area contributed by atoms with Crippen molar-refractivity contribution in [2.45, 2.75) is 19.8 Å². The molecule has 0 unspecified atom stereocenters. The first-order valence-corrected chi connectivity index (χ1v) is 5.42. The Bertz CT molecular complexity index is 590. The summed E-state index contributed by atoms with van der Waals surface area (Å²) < 4.78 is 15.1. The van der Waals surface area contributed by atoms with Gasteiger partial charge in [-0.2, -0.15) is 0 Å². The number of nitrogens with zero attached hydrogens (tertiary/aromatic N) is 2. The van der Waals surface area contributed by atoms with Crippen molar-refractivity contribution in [3.05, 3.63) is 58.5 Å². The smallest absolute Gasteiger partial charge is 0.273 e. The molecule has 0 fully saturated rings. The van der Waals surface area contributed by atoms with Crippen LogP contribution >= 0.6 is 0 Å². The summed E-state index contributed by atoms with van der Waals surface area (Å²) in [6.07, 6.45) is 4.22. The van der Waals surface area contributed by atoms with Crippen molar-refractivity contribution < 1.29 is 4.39 Å². The quantitative estimate of drug-likeness (QED) is 0.797. The molecule has 1 heterocycles. The molecule has 0 bridgehead atoms. The van der Waals surface area contributed by atoms with E-state index in [1.165, 1.54) is 29.2 Å². The van der Waals surface area contributed by atoms with Gasteiger partial charge >= 0.3 is 0 Å². The first-order valence-electron chi connectivity index (χ1n) is 5.42. The normalized spacial score (nSPS) is 10.8. The highest BCUT2D eigenvalue weighted by Crippen LogP contribution is 2.20. The molecule has 0 aliphatic heterocycles. The minimum Gasteiger partial charge on any atom is -0.281 e. The molecule has 0 aliphatic rings. The molecule has 0 radical (unpaired) electrons. The number of aromatic nitrogens is 2. The maximum absolute atomic E-state index is 13.8. The SMILES string of the molecule is CC(C)c1ccc(-n2ccncc2=O)cc1F. The van der Waals surface area contributed by atoms with Crippen LogP contribution in [0.4, 0.5) is 4.39 Å². The van der Waals surface area contributed by atoms with E-state index in [1.54, 1.807) is 12.1 Å². The number of hydrogen-bond donors (Lipinski definition) is 0. The van der Waals surface area contributed by atoms with Gasteiger partial charge in [0.25, 0.3) is 5.56 Å². The van der Waals surface area contributed by atoms with E-state index in [-0.39, 0.29) is 17.3 Å². The van der Waals surface area contributed by atoms with Crippen LogP contribution in [-0.2, 0) is 0 Å². The minimum atomic E-state index is -0.291. The van der Waals surface area contributed by atoms with Crippen LogP contribution in [-0.4, -0.2) is 9.55 Å². The van der Waals surface area contributed by atoms with Crippen LogP contribution in [0.25, 0.3) is 5.69 Å². The van der Waals surface area contributed by atoms with E-state index in [4.69, 9.17) is 0 Å². The maximum atomic E-state index is 13.8. The first kappa shape index (κ1) is 11.5. The summed E-state index contributed by atoms with van der Waals surface area (Å²) in [5, 5.41) is 0. The van der Waals surface area contributed by atoms with Gasteiger partial charge in [-0.1, -0.05) is 19.9 Å². The third-order valence-electron chi connectivity index (χ3n) is 2.61. The molecule has 1 aromatic heterocycles. The molecule has 2 rings (SSSR count). The van der Waals surface area contributed by atoms with Crippen LogP contribution < -0.4 is 5.56 Å². The van der Waals surface area contributed by atoms with E-state index in [2.05, 4.69) is 4.98 Å². The van der Waals surface area contributed by atoms with Crippen LogP contribution in [0, 0.1) is 5.82 Å². The standard InChI is InChI=1S/C13H13FN2O/c1-9(2)11-4-3-10(7-12(11)14)16-6-5-15-8-13(16)17/h3-9H,1-2H3. The van der Waals surface area contributed by atoms with Crippen LogP contribution in [0.3, 0.4) is 0 Å². The second-order valence-corrected chi connectivity index (χ2v) is 4.15. The summed E-state index contributed by atoms with van der Waals surface area (Å²) in [5.41, 5.74) is 0.888. The van der Waals surface area contributed by atoms with E-state index in [0.717, 1.165) is 0 Å². The van der Waals surface area contributed by atoms with Gasteiger partial charge in [0.2, 0.25) is 0 Å². The molecule has 0 saturated heterocycles. The Kier molecular flexibility index (Phi) is 3.04. The Morgan fingerprint density at radius 3 is 2.71 bits per heavy atom. The average Bonchev–Trinajstić information content (AvgIpc) is 2.29. The van der Waals surface area contributed by atoms with E-state index in [9.17, 15) is 9.18 Å². The second-order valence-electron chi connectivity index (χ2n) is 4.15. The van der Waals surface area contributed by atoms with Crippen molar-refractivity contribution in [1.29, 1.82) is 0 Å². The molecule has 1 aromatic carbocycles. The summed E-state index contributed by atoms with van der Waals surface area (Å²) in [6.45, 7) is 3.85. The monoisotopic (exact) mass is 232 g/mol. The molecular formula is C13H13FN2O. The predicted molar refractivity (Wildman–Crippen MR) is 63.9 cm³/mol. The van der Waals surface area contributed by atoms with Crippen LogP contribution in [0.5, 0.6) is 0 Å². The molecule has 88 valence electrons. The van der Waals surface area contributed by atoms with Gasteiger partial charge in [-0.25, -0.2) is 4.39 Å². The van der Waals surface area contributed by atoms with E-state index in [0.29, 0.717) is 11.3 Å². The Morgan fingerprint density at radius 2 is 2.12 bits per heavy atom. The molecule has 0 saturated carbocycles. The number of rotatable bonds is 2. The average molecular weight is 232 g/mol. The molecule has 0 amide bonds. The predicted octanol–water partition coefficient (Wildman–Crippen LogP) is 2.50. The van der Waals surface area contributed by atoms with Gasteiger partial charge in [0.1, 0.15) is 5.82 Å². The van der Waals surface area contributed by atoms with Gasteiger partial charge in [0.05, 0.1) is 11.9 Å². The van der Waals surface area contributed by atoms with Gasteiger partial charge in [-0.05, 0) is 23.6 Å². The summed E-state index contributed by atoms with van der Waals surface area (Å²) in [7, 11) is 0. The van der Waals surface area contributed by atoms with Crippen molar-refractivity contribution in [3.8, 4) is 5.69 Å². The molecule has 0 aliphatic carbocycles. The highest BCUT2D eigenvalue weighted by molar-refractivity contribution is 5.36. The molecule has 3 nitrogen and oxygen atoms in total. The summed E-state index contributed by atoms with van der Waals surface area (Å²) in [4.78, 5) is 15.2. The molecular weight excluding hydrogens is 219 g/mol. The lowest BCUT2D eigenvalue weighted by Crippen LogP contribution is -2.17. The zero-order valence-corrected chi connectivity index (χ0v) is 9.72. The van der Waals surface area contributed by atoms with Gasteiger partial charge in [-0.15, -0.1) is 0 Å². The topological polar surface area (TPSA) is 34.9 Å². The number of halogens is 1. The molecule has 0 N–H and O–H groups in total. The molecule has 0 atom stereocenters. The van der Waals surface area contributed by atoms with Gasteiger partial charge in [0.15, 0.2) is 0 Å². The van der Waals surface area contributed by atoms with E-state index >= 15 is 0 Å². The Balaban J connectivity index is 2.53. The van der Waals surface area contributed by atoms with E-state index in [1.807, 2.05) is 13.8 Å². The second kappa shape index (κ2) is 4.49. The summed E-state index contributed by atoms with van der Waals surface area (Å²) >= 11 is 0. The largest absolute Gasteiger partial charge is 0.281 e. The molecule has 0 spiro atoms. The van der Waals surface area contributed by atoms with Gasteiger partial charge < -0.3 is 0 Å². The van der Waals surface area contributed by atoms with E-state index < -0.39 is 0 Å². The maximum Gasteiger partial charge on any atom is 0.273 e. The molecule has 4 heteroatoms. The fraction of sp³-hybridized carbons (Fsp3) is 0.231. The third kappa shape index (κ3) is 2.25. The first-order chi connectivity index (χ1) is 8.09. The summed E-state index contributed by atoms with van der Waals surface area (Å²) in [5.74, 6) is -0.167. The lowest BCUT2D eigenvalue weighted by Gasteiger charge is -2.10. The van der Waals surface area contributed by atoms with Crippen LogP contribution in [0.2, 0.25) is 0 Å². The lowest BCUT2D eigenvalue weighted by molar-refractivity contribution is 0.597. The van der Waals surface area contributed by atoms with Crippen molar-refractivity contribution in [1.82, 2.24) is 9.55 Å². The molecule has 17 heavy (non-hydrogen) atoms. The van der Waals surface area contributed by atoms with Gasteiger partial charge in [-0.3, -0.25) is 14.3 Å². The Labute approximate surface area is 98.6 Å². The fourth-order valence-corrected chi connectivity index (χ4v) is 1.70. The number of benzene rings is 1. The van der Waals surface area contributed by atoms with Gasteiger partial charge in [0, 0.05) is 12.4 Å². The minimum absolute atomic E-state index is 0.123.